The minimum Gasteiger partial charge on any atom is -0.350 e. The van der Waals surface area contributed by atoms with Gasteiger partial charge in [0.05, 0.1) is 15.8 Å². The van der Waals surface area contributed by atoms with E-state index in [1.165, 1.54) is 31.2 Å². The molecule has 3 unspecified atom stereocenters. The van der Waals surface area contributed by atoms with E-state index < -0.39 is 25.4 Å². The first-order valence-corrected chi connectivity index (χ1v) is 17.0. The number of nitrogens with zero attached hydrogens (tertiary/aromatic N) is 3. The van der Waals surface area contributed by atoms with E-state index in [2.05, 4.69) is 5.32 Å². The van der Waals surface area contributed by atoms with Crippen molar-refractivity contribution in [2.45, 2.75) is 71.6 Å². The van der Waals surface area contributed by atoms with E-state index in [0.717, 1.165) is 6.42 Å². The van der Waals surface area contributed by atoms with Crippen LogP contribution in [0.4, 0.5) is 4.39 Å². The van der Waals surface area contributed by atoms with E-state index in [-0.39, 0.29) is 52.1 Å². The number of hydrogen-bond acceptors (Lipinski definition) is 5. The summed E-state index contributed by atoms with van der Waals surface area (Å²) in [4.78, 5) is 64.6. The largest absolute Gasteiger partial charge is 0.356 e. The third-order valence-corrected chi connectivity index (χ3v) is 10.4. The van der Waals surface area contributed by atoms with Crippen LogP contribution in [0.5, 0.6) is 0 Å². The van der Waals surface area contributed by atoms with Crippen molar-refractivity contribution in [3.8, 4) is 0 Å². The minimum absolute atomic E-state index is 0.0469. The topological polar surface area (TPSA) is 132 Å². The van der Waals surface area contributed by atoms with Gasteiger partial charge in [-0.15, -0.1) is 0 Å². The third kappa shape index (κ3) is 6.09. The molecule has 242 valence electrons. The van der Waals surface area contributed by atoms with Gasteiger partial charge in [-0.3, -0.25) is 18.9 Å². The van der Waals surface area contributed by atoms with Crippen LogP contribution < -0.4 is 10.6 Å². The van der Waals surface area contributed by atoms with Crippen molar-refractivity contribution >= 4 is 53.0 Å². The van der Waals surface area contributed by atoms with Crippen molar-refractivity contribution in [2.24, 2.45) is 5.41 Å². The Hall–Kier alpha value is -3.08. The molecule has 1 aliphatic carbocycles. The highest BCUT2D eigenvalue weighted by molar-refractivity contribution is 7.60. The lowest BCUT2D eigenvalue weighted by Gasteiger charge is -2.28. The lowest BCUT2D eigenvalue weighted by Crippen LogP contribution is -2.48. The number of carbonyl (C=O) groups excluding carboxylic acids is 3. The number of hydrogen-bond donors (Lipinski definition) is 3. The molecular weight excluding hydrogens is 622 g/mol. The number of rotatable bonds is 11. The summed E-state index contributed by atoms with van der Waals surface area (Å²) in [5.74, 6) is -1.56. The molecule has 1 saturated carbocycles. The van der Waals surface area contributed by atoms with Gasteiger partial charge < -0.3 is 29.5 Å². The van der Waals surface area contributed by atoms with E-state index in [1.54, 1.807) is 15.5 Å². The maximum absolute atomic E-state index is 14.5. The molecule has 0 spiro atoms. The Kier molecular flexibility index (Phi) is 9.07. The average Bonchev–Trinajstić information content (AvgIpc) is 3.39. The molecule has 3 atom stereocenters. The molecule has 45 heavy (non-hydrogen) atoms. The molecule has 5 rings (SSSR count). The van der Waals surface area contributed by atoms with Gasteiger partial charge in [0, 0.05) is 46.8 Å². The maximum Gasteiger partial charge on any atom is 0.356 e. The molecule has 13 heteroatoms. The molecule has 0 bridgehead atoms. The van der Waals surface area contributed by atoms with Crippen LogP contribution in [0.2, 0.25) is 5.02 Å². The van der Waals surface area contributed by atoms with Crippen LogP contribution in [-0.4, -0.2) is 74.5 Å². The number of fused-ring (bicyclic) bond motifs is 2. The number of nitrogens with one attached hydrogen (secondary N) is 1. The van der Waals surface area contributed by atoms with E-state index in [1.807, 2.05) is 32.8 Å². The maximum atomic E-state index is 14.5. The number of ketones is 1. The molecule has 3 aromatic rings. The Morgan fingerprint density at radius 3 is 2.44 bits per heavy atom. The van der Waals surface area contributed by atoms with Crippen LogP contribution in [0.15, 0.2) is 30.3 Å². The van der Waals surface area contributed by atoms with Crippen LogP contribution in [0.3, 0.4) is 0 Å². The van der Waals surface area contributed by atoms with Crippen LogP contribution in [0, 0.1) is 11.2 Å². The fraction of sp³-hybridized carbons (Fsp3) is 0.469. The van der Waals surface area contributed by atoms with Crippen LogP contribution >= 0.6 is 19.2 Å². The van der Waals surface area contributed by atoms with Gasteiger partial charge in [0.25, 0.3) is 0 Å². The average molecular weight is 661 g/mol. The third-order valence-electron chi connectivity index (χ3n) is 9.16. The number of halogens is 2. The lowest BCUT2D eigenvalue weighted by molar-refractivity contribution is -0.140. The zero-order chi connectivity index (χ0) is 33.0. The highest BCUT2D eigenvalue weighted by Gasteiger charge is 2.67. The van der Waals surface area contributed by atoms with Crippen molar-refractivity contribution < 1.29 is 33.1 Å². The van der Waals surface area contributed by atoms with E-state index in [4.69, 9.17) is 11.6 Å². The zero-order valence-electron chi connectivity index (χ0n) is 26.1. The molecule has 1 aliphatic heterocycles. The van der Waals surface area contributed by atoms with Gasteiger partial charge in [0.15, 0.2) is 5.78 Å². The number of aryl methyl sites for hydroxylation is 1. The van der Waals surface area contributed by atoms with Crippen LogP contribution in [-0.2, 0) is 40.1 Å². The van der Waals surface area contributed by atoms with E-state index in [9.17, 15) is 33.1 Å². The summed E-state index contributed by atoms with van der Waals surface area (Å²) in [7, 11) is -0.765. The van der Waals surface area contributed by atoms with Crippen molar-refractivity contribution in [3.63, 3.8) is 0 Å². The van der Waals surface area contributed by atoms with Crippen LogP contribution in [0.25, 0.3) is 10.9 Å². The first-order chi connectivity index (χ1) is 21.1. The van der Waals surface area contributed by atoms with Gasteiger partial charge in [-0.2, -0.15) is 0 Å². The Balaban J connectivity index is 1.53. The summed E-state index contributed by atoms with van der Waals surface area (Å²) in [5.41, 5.74) is 2.00. The van der Waals surface area contributed by atoms with Gasteiger partial charge in [0.1, 0.15) is 18.4 Å². The lowest BCUT2D eigenvalue weighted by atomic mass is 9.98. The fourth-order valence-electron chi connectivity index (χ4n) is 7.24. The standard InChI is InChI=1S/C32H39ClFN4O6P/c1-6-19-11-21(45(42,43)44)12-24-29(19)28(18(3)39)23(7-2)37(24)16-27(40)38-25(13-32(14-26(32)38)17-36(4)5)31(41)35-15-20-9-8-10-22(33)30(20)34/h8-12,25-26H,6-7,13-17H2,1-5H3,(H,35,41)(H2,42,43,44). The SMILES string of the molecule is CCc1cc(P(=O)(O)O)cc2c1c(C(C)=O)c(CC)n2CC(=O)N1C(C(=O)NCc2cccc(Cl)c2F)CC2(CN(C)C)CC12. The molecule has 1 aromatic heterocycles. The summed E-state index contributed by atoms with van der Waals surface area (Å²) in [6.07, 6.45) is 1.99. The van der Waals surface area contributed by atoms with Crippen molar-refractivity contribution in [2.75, 3.05) is 20.6 Å². The number of carbonyl (C=O) groups is 3. The van der Waals surface area contributed by atoms with Gasteiger partial charge >= 0.3 is 7.60 Å². The van der Waals surface area contributed by atoms with Gasteiger partial charge in [-0.05, 0) is 70.5 Å². The number of amides is 2. The molecule has 2 heterocycles. The summed E-state index contributed by atoms with van der Waals surface area (Å²) >= 11 is 5.92. The van der Waals surface area contributed by atoms with E-state index in [0.29, 0.717) is 53.5 Å². The van der Waals surface area contributed by atoms with Crippen molar-refractivity contribution in [1.29, 1.82) is 0 Å². The highest BCUT2D eigenvalue weighted by Crippen LogP contribution is 2.60. The fourth-order valence-corrected chi connectivity index (χ4v) is 8.05. The Labute approximate surface area is 266 Å². The first-order valence-electron chi connectivity index (χ1n) is 15.0. The second-order valence-electron chi connectivity index (χ2n) is 12.5. The van der Waals surface area contributed by atoms with Gasteiger partial charge in [-0.25, -0.2) is 4.39 Å². The van der Waals surface area contributed by atoms with Gasteiger partial charge in [-0.1, -0.05) is 37.6 Å². The Morgan fingerprint density at radius 1 is 1.13 bits per heavy atom. The number of likely N-dealkylation sites (tertiary alicyclic amines) is 1. The predicted molar refractivity (Wildman–Crippen MR) is 170 cm³/mol. The second-order valence-corrected chi connectivity index (χ2v) is 14.5. The summed E-state index contributed by atoms with van der Waals surface area (Å²) in [5, 5.41) is 3.15. The Bertz CT molecular complexity index is 1750. The Morgan fingerprint density at radius 2 is 1.84 bits per heavy atom. The monoisotopic (exact) mass is 660 g/mol. The molecule has 0 radical (unpaired) electrons. The smallest absolute Gasteiger partial charge is 0.350 e. The molecule has 10 nitrogen and oxygen atoms in total. The highest BCUT2D eigenvalue weighted by atomic mass is 35.5. The second kappa shape index (κ2) is 12.3. The number of Topliss-reactive ketones (excluding diaryl/α,β-unsaturated/α-hetero) is 1. The van der Waals surface area contributed by atoms with E-state index >= 15 is 0 Å². The summed E-state index contributed by atoms with van der Waals surface area (Å²) < 4.78 is 28.6. The van der Waals surface area contributed by atoms with Crippen molar-refractivity contribution in [1.82, 2.24) is 19.7 Å². The predicted octanol–water partition coefficient (Wildman–Crippen LogP) is 3.80. The molecule has 1 saturated heterocycles. The number of aromatic nitrogens is 1. The number of benzene rings is 2. The molecular formula is C32H39ClFN4O6P. The molecule has 2 aliphatic rings. The quantitative estimate of drug-likeness (QED) is 0.211. The molecule has 2 amide bonds. The molecule has 2 fully saturated rings. The normalized spacial score (nSPS) is 21.0. The summed E-state index contributed by atoms with van der Waals surface area (Å²) in [6, 6.07) is 6.40. The van der Waals surface area contributed by atoms with Gasteiger partial charge in [0.2, 0.25) is 11.8 Å². The minimum atomic E-state index is -4.65. The zero-order valence-corrected chi connectivity index (χ0v) is 27.7. The van der Waals surface area contributed by atoms with Crippen LogP contribution in [0.1, 0.15) is 60.8 Å². The molecule has 2 aromatic carbocycles. The number of piperidine rings is 1. The first kappa shape index (κ1) is 33.3. The summed E-state index contributed by atoms with van der Waals surface area (Å²) in [6.45, 7) is 5.52. The van der Waals surface area contributed by atoms with Crippen molar-refractivity contribution in [3.05, 3.63) is 63.6 Å². The molecule has 3 N–H and O–H groups in total.